The number of carbonyl (C=O) groups is 1. The topological polar surface area (TPSA) is 78.3 Å². The van der Waals surface area contributed by atoms with Crippen molar-refractivity contribution in [3.63, 3.8) is 0 Å². The van der Waals surface area contributed by atoms with Crippen molar-refractivity contribution in [1.82, 2.24) is 14.8 Å². The number of aromatic nitrogens is 3. The minimum absolute atomic E-state index is 0.0842. The van der Waals surface area contributed by atoms with Gasteiger partial charge in [-0.1, -0.05) is 34.1 Å². The number of halogens is 1. The van der Waals surface area contributed by atoms with Gasteiger partial charge >= 0.3 is 0 Å². The van der Waals surface area contributed by atoms with E-state index in [-0.39, 0.29) is 11.9 Å². The zero-order valence-electron chi connectivity index (χ0n) is 15.3. The van der Waals surface area contributed by atoms with Crippen molar-refractivity contribution in [2.24, 2.45) is 0 Å². The van der Waals surface area contributed by atoms with Gasteiger partial charge in [-0.15, -0.1) is 0 Å². The molecule has 0 unspecified atom stereocenters. The van der Waals surface area contributed by atoms with Crippen LogP contribution in [0.25, 0.3) is 0 Å². The molecule has 1 aliphatic rings. The Bertz CT molecular complexity index is 987. The molecule has 0 bridgehead atoms. The molecule has 1 N–H and O–H groups in total. The molecular formula is C20H19BrN4O3. The number of nitrogens with one attached hydrogen (secondary N) is 1. The third kappa shape index (κ3) is 3.87. The second kappa shape index (κ2) is 8.02. The standard InChI is InChI=1S/C20H19BrN4O3/c1-2-27-18-9-14(16-10-19(26)24-20-22-12-23-25(16)20)5-8-17(18)28-11-13-3-6-15(21)7-4-13/h3-9,12,16H,2,10-11H2,1H3,(H,22,23,24,26)/t16-/m1/s1. The van der Waals surface area contributed by atoms with Gasteiger partial charge in [0.05, 0.1) is 19.1 Å². The molecule has 8 heteroatoms. The first kappa shape index (κ1) is 18.5. The van der Waals surface area contributed by atoms with E-state index < -0.39 is 0 Å². The van der Waals surface area contributed by atoms with E-state index in [1.165, 1.54) is 6.33 Å². The van der Waals surface area contributed by atoms with Gasteiger partial charge in [-0.05, 0) is 42.3 Å². The van der Waals surface area contributed by atoms with Crippen LogP contribution in [0.1, 0.15) is 30.5 Å². The van der Waals surface area contributed by atoms with Crippen molar-refractivity contribution in [2.75, 3.05) is 11.9 Å². The Balaban J connectivity index is 1.59. The van der Waals surface area contributed by atoms with E-state index in [1.807, 2.05) is 49.4 Å². The fourth-order valence-electron chi connectivity index (χ4n) is 3.13. The predicted octanol–water partition coefficient (Wildman–Crippen LogP) is 3.95. The number of rotatable bonds is 6. The molecule has 1 atom stereocenters. The van der Waals surface area contributed by atoms with Crippen LogP contribution in [0.15, 0.2) is 53.3 Å². The Morgan fingerprint density at radius 1 is 1.18 bits per heavy atom. The summed E-state index contributed by atoms with van der Waals surface area (Å²) in [6.45, 7) is 2.87. The van der Waals surface area contributed by atoms with Crippen LogP contribution >= 0.6 is 15.9 Å². The van der Waals surface area contributed by atoms with E-state index in [4.69, 9.17) is 9.47 Å². The van der Waals surface area contributed by atoms with Gasteiger partial charge in [-0.3, -0.25) is 10.1 Å². The van der Waals surface area contributed by atoms with Crippen molar-refractivity contribution in [2.45, 2.75) is 26.0 Å². The highest BCUT2D eigenvalue weighted by molar-refractivity contribution is 9.10. The number of carbonyl (C=O) groups excluding carboxylic acids is 1. The van der Waals surface area contributed by atoms with Crippen LogP contribution in [0, 0.1) is 0 Å². The summed E-state index contributed by atoms with van der Waals surface area (Å²) in [6.07, 6.45) is 1.73. The average Bonchev–Trinajstić information content (AvgIpc) is 3.16. The molecule has 3 aromatic rings. The molecule has 2 aromatic carbocycles. The number of ether oxygens (including phenoxy) is 2. The maximum atomic E-state index is 12.0. The van der Waals surface area contributed by atoms with Gasteiger partial charge in [0.25, 0.3) is 0 Å². The van der Waals surface area contributed by atoms with Gasteiger partial charge in [-0.2, -0.15) is 10.1 Å². The monoisotopic (exact) mass is 442 g/mol. The number of hydrogen-bond acceptors (Lipinski definition) is 5. The molecular weight excluding hydrogens is 424 g/mol. The molecule has 144 valence electrons. The second-order valence-electron chi connectivity index (χ2n) is 6.35. The van der Waals surface area contributed by atoms with Crippen LogP contribution in [0.4, 0.5) is 5.95 Å². The lowest BCUT2D eigenvalue weighted by Gasteiger charge is -2.24. The third-order valence-corrected chi connectivity index (χ3v) is 4.99. The summed E-state index contributed by atoms with van der Waals surface area (Å²) in [7, 11) is 0. The minimum Gasteiger partial charge on any atom is -0.490 e. The first-order valence-electron chi connectivity index (χ1n) is 8.97. The summed E-state index contributed by atoms with van der Waals surface area (Å²) >= 11 is 3.43. The molecule has 1 amide bonds. The molecule has 1 aromatic heterocycles. The molecule has 2 heterocycles. The summed E-state index contributed by atoms with van der Waals surface area (Å²) in [5.74, 6) is 1.67. The molecule has 0 aliphatic carbocycles. The highest BCUT2D eigenvalue weighted by atomic mass is 79.9. The zero-order valence-corrected chi connectivity index (χ0v) is 16.8. The van der Waals surface area contributed by atoms with Crippen LogP contribution < -0.4 is 14.8 Å². The lowest BCUT2D eigenvalue weighted by atomic mass is 10.0. The van der Waals surface area contributed by atoms with Gasteiger partial charge in [0.1, 0.15) is 12.9 Å². The van der Waals surface area contributed by atoms with Crippen LogP contribution in [0.5, 0.6) is 11.5 Å². The van der Waals surface area contributed by atoms with E-state index in [9.17, 15) is 4.79 Å². The average molecular weight is 443 g/mol. The second-order valence-corrected chi connectivity index (χ2v) is 7.27. The Morgan fingerprint density at radius 3 is 2.79 bits per heavy atom. The number of nitrogens with zero attached hydrogens (tertiary/aromatic N) is 3. The van der Waals surface area contributed by atoms with Gasteiger partial charge in [0, 0.05) is 4.47 Å². The molecule has 0 radical (unpaired) electrons. The number of amides is 1. The fraction of sp³-hybridized carbons (Fsp3) is 0.250. The minimum atomic E-state index is -0.231. The van der Waals surface area contributed by atoms with E-state index in [2.05, 4.69) is 31.3 Å². The van der Waals surface area contributed by atoms with Crippen molar-refractivity contribution < 1.29 is 14.3 Å². The van der Waals surface area contributed by atoms with Crippen molar-refractivity contribution in [3.8, 4) is 11.5 Å². The van der Waals surface area contributed by atoms with Crippen molar-refractivity contribution in [1.29, 1.82) is 0 Å². The lowest BCUT2D eigenvalue weighted by Crippen LogP contribution is -2.29. The van der Waals surface area contributed by atoms with E-state index >= 15 is 0 Å². The molecule has 7 nitrogen and oxygen atoms in total. The summed E-state index contributed by atoms with van der Waals surface area (Å²) in [5.41, 5.74) is 1.98. The Morgan fingerprint density at radius 2 is 2.00 bits per heavy atom. The quantitative estimate of drug-likeness (QED) is 0.624. The molecule has 0 saturated heterocycles. The van der Waals surface area contributed by atoms with Crippen molar-refractivity contribution >= 4 is 27.8 Å². The SMILES string of the molecule is CCOc1cc([C@H]2CC(=O)Nc3ncnn32)ccc1OCc1ccc(Br)cc1. The normalized spacial score (nSPS) is 15.6. The highest BCUT2D eigenvalue weighted by Gasteiger charge is 2.28. The van der Waals surface area contributed by atoms with Gasteiger partial charge in [0.2, 0.25) is 11.9 Å². The van der Waals surface area contributed by atoms with E-state index in [0.717, 1.165) is 15.6 Å². The number of benzene rings is 2. The first-order chi connectivity index (χ1) is 13.6. The smallest absolute Gasteiger partial charge is 0.229 e. The first-order valence-corrected chi connectivity index (χ1v) is 9.76. The van der Waals surface area contributed by atoms with Crippen LogP contribution in [0.2, 0.25) is 0 Å². The molecule has 0 spiro atoms. The maximum Gasteiger partial charge on any atom is 0.229 e. The largest absolute Gasteiger partial charge is 0.490 e. The summed E-state index contributed by atoms with van der Waals surface area (Å²) in [6, 6.07) is 13.5. The van der Waals surface area contributed by atoms with Gasteiger partial charge in [0.15, 0.2) is 11.5 Å². The summed E-state index contributed by atoms with van der Waals surface area (Å²) in [4.78, 5) is 16.1. The third-order valence-electron chi connectivity index (χ3n) is 4.46. The van der Waals surface area contributed by atoms with Gasteiger partial charge in [-0.25, -0.2) is 4.68 Å². The molecule has 4 rings (SSSR count). The fourth-order valence-corrected chi connectivity index (χ4v) is 3.39. The molecule has 0 fully saturated rings. The number of anilines is 1. The highest BCUT2D eigenvalue weighted by Crippen LogP contribution is 2.35. The van der Waals surface area contributed by atoms with Crippen molar-refractivity contribution in [3.05, 3.63) is 64.4 Å². The van der Waals surface area contributed by atoms with E-state index in [0.29, 0.717) is 37.1 Å². The summed E-state index contributed by atoms with van der Waals surface area (Å²) in [5, 5.41) is 6.97. The lowest BCUT2D eigenvalue weighted by molar-refractivity contribution is -0.117. The van der Waals surface area contributed by atoms with Crippen LogP contribution in [-0.4, -0.2) is 27.3 Å². The zero-order chi connectivity index (χ0) is 19.5. The van der Waals surface area contributed by atoms with Crippen LogP contribution in [-0.2, 0) is 11.4 Å². The predicted molar refractivity (Wildman–Crippen MR) is 107 cm³/mol. The van der Waals surface area contributed by atoms with Gasteiger partial charge < -0.3 is 9.47 Å². The number of hydrogen-bond donors (Lipinski definition) is 1. The Labute approximate surface area is 170 Å². The Hall–Kier alpha value is -2.87. The molecule has 0 saturated carbocycles. The van der Waals surface area contributed by atoms with E-state index in [1.54, 1.807) is 4.68 Å². The number of fused-ring (bicyclic) bond motifs is 1. The molecule has 1 aliphatic heterocycles. The van der Waals surface area contributed by atoms with Crippen LogP contribution in [0.3, 0.4) is 0 Å². The Kier molecular flexibility index (Phi) is 5.29. The maximum absolute atomic E-state index is 12.0. The molecule has 28 heavy (non-hydrogen) atoms. The summed E-state index contributed by atoms with van der Waals surface area (Å²) < 4.78 is 14.5.